The lowest BCUT2D eigenvalue weighted by Crippen LogP contribution is -2.09. The van der Waals surface area contributed by atoms with E-state index in [1.807, 2.05) is 41.1 Å². The number of benzene rings is 2. The van der Waals surface area contributed by atoms with Crippen molar-refractivity contribution in [2.24, 2.45) is 0 Å². The molecule has 0 bridgehead atoms. The van der Waals surface area contributed by atoms with Crippen LogP contribution in [0.5, 0.6) is 5.75 Å². The first kappa shape index (κ1) is 12.7. The van der Waals surface area contributed by atoms with Gasteiger partial charge >= 0.3 is 0 Å². The molecule has 4 nitrogen and oxygen atoms in total. The standard InChI is InChI=1S/C16H17N3O/c1-2-13-7-9-14(10-8-13)20-12-11-19-16-6-4-3-5-15(16)17-18-19/h3-10H,2,11-12H2,1H3. The SMILES string of the molecule is CCc1ccc(OCCn2nnc3ccccc32)cc1. The third-order valence-corrected chi connectivity index (χ3v) is 3.32. The molecule has 1 aromatic heterocycles. The Balaban J connectivity index is 1.62. The molecule has 0 saturated carbocycles. The Bertz CT molecular complexity index is 688. The van der Waals surface area contributed by atoms with Crippen LogP contribution in [0, 0.1) is 0 Å². The van der Waals surface area contributed by atoms with Gasteiger partial charge in [-0.15, -0.1) is 5.10 Å². The zero-order valence-electron chi connectivity index (χ0n) is 11.5. The summed E-state index contributed by atoms with van der Waals surface area (Å²) in [6.07, 6.45) is 1.05. The molecule has 0 saturated heterocycles. The van der Waals surface area contributed by atoms with Crippen molar-refractivity contribution in [3.05, 3.63) is 54.1 Å². The highest BCUT2D eigenvalue weighted by Crippen LogP contribution is 2.13. The number of fused-ring (bicyclic) bond motifs is 1. The number of rotatable bonds is 5. The van der Waals surface area contributed by atoms with Crippen molar-refractivity contribution in [3.63, 3.8) is 0 Å². The third kappa shape index (κ3) is 2.64. The lowest BCUT2D eigenvalue weighted by atomic mass is 10.2. The fourth-order valence-corrected chi connectivity index (χ4v) is 2.15. The quantitative estimate of drug-likeness (QED) is 0.713. The summed E-state index contributed by atoms with van der Waals surface area (Å²) in [5.74, 6) is 0.895. The molecule has 0 aliphatic rings. The molecule has 0 radical (unpaired) electrons. The maximum absolute atomic E-state index is 5.74. The maximum atomic E-state index is 5.74. The Morgan fingerprint density at radius 1 is 1.05 bits per heavy atom. The van der Waals surface area contributed by atoms with Gasteiger partial charge in [-0.2, -0.15) is 0 Å². The van der Waals surface area contributed by atoms with E-state index in [9.17, 15) is 0 Å². The Morgan fingerprint density at radius 3 is 2.65 bits per heavy atom. The smallest absolute Gasteiger partial charge is 0.119 e. The normalized spacial score (nSPS) is 10.8. The second-order valence-electron chi connectivity index (χ2n) is 4.65. The second-order valence-corrected chi connectivity index (χ2v) is 4.65. The van der Waals surface area contributed by atoms with Crippen LogP contribution in [-0.4, -0.2) is 21.6 Å². The first-order chi connectivity index (χ1) is 9.86. The van der Waals surface area contributed by atoms with Gasteiger partial charge in [0.05, 0.1) is 12.1 Å². The van der Waals surface area contributed by atoms with Crippen molar-refractivity contribution in [2.45, 2.75) is 19.9 Å². The van der Waals surface area contributed by atoms with Crippen LogP contribution in [0.3, 0.4) is 0 Å². The van der Waals surface area contributed by atoms with Crippen LogP contribution in [0.25, 0.3) is 11.0 Å². The van der Waals surface area contributed by atoms with E-state index in [0.717, 1.165) is 23.2 Å². The summed E-state index contributed by atoms with van der Waals surface area (Å²) >= 11 is 0. The van der Waals surface area contributed by atoms with Crippen molar-refractivity contribution in [1.82, 2.24) is 15.0 Å². The maximum Gasteiger partial charge on any atom is 0.119 e. The van der Waals surface area contributed by atoms with Gasteiger partial charge in [0.15, 0.2) is 0 Å². The molecular formula is C16H17N3O. The number of ether oxygens (including phenoxy) is 1. The third-order valence-electron chi connectivity index (χ3n) is 3.32. The van der Waals surface area contributed by atoms with E-state index in [1.54, 1.807) is 0 Å². The average Bonchev–Trinajstić information content (AvgIpc) is 2.92. The first-order valence-electron chi connectivity index (χ1n) is 6.87. The molecule has 3 rings (SSSR count). The summed E-state index contributed by atoms with van der Waals surface area (Å²) in [7, 11) is 0. The van der Waals surface area contributed by atoms with E-state index in [1.165, 1.54) is 5.56 Å². The topological polar surface area (TPSA) is 39.9 Å². The van der Waals surface area contributed by atoms with Crippen LogP contribution in [0.15, 0.2) is 48.5 Å². The summed E-state index contributed by atoms with van der Waals surface area (Å²) in [4.78, 5) is 0. The number of hydrogen-bond acceptors (Lipinski definition) is 3. The number of aromatic nitrogens is 3. The predicted molar refractivity (Wildman–Crippen MR) is 78.8 cm³/mol. The van der Waals surface area contributed by atoms with E-state index in [2.05, 4.69) is 29.4 Å². The molecule has 4 heteroatoms. The van der Waals surface area contributed by atoms with Gasteiger partial charge < -0.3 is 4.74 Å². The Kier molecular flexibility index (Phi) is 3.63. The summed E-state index contributed by atoms with van der Waals surface area (Å²) in [6.45, 7) is 3.42. The summed E-state index contributed by atoms with van der Waals surface area (Å²) in [5.41, 5.74) is 3.27. The van der Waals surface area contributed by atoms with Crippen molar-refractivity contribution in [1.29, 1.82) is 0 Å². The van der Waals surface area contributed by atoms with Crippen molar-refractivity contribution in [2.75, 3.05) is 6.61 Å². The zero-order chi connectivity index (χ0) is 13.8. The highest BCUT2D eigenvalue weighted by molar-refractivity contribution is 5.73. The molecule has 0 amide bonds. The number of hydrogen-bond donors (Lipinski definition) is 0. The predicted octanol–water partition coefficient (Wildman–Crippen LogP) is 3.07. The molecule has 0 aliphatic carbocycles. The summed E-state index contributed by atoms with van der Waals surface area (Å²) < 4.78 is 7.61. The summed E-state index contributed by atoms with van der Waals surface area (Å²) in [6, 6.07) is 16.2. The number of para-hydroxylation sites is 1. The molecule has 0 N–H and O–H groups in total. The van der Waals surface area contributed by atoms with Crippen molar-refractivity contribution >= 4 is 11.0 Å². The van der Waals surface area contributed by atoms with Crippen LogP contribution < -0.4 is 4.74 Å². The van der Waals surface area contributed by atoms with Gasteiger partial charge in [-0.1, -0.05) is 36.4 Å². The van der Waals surface area contributed by atoms with Gasteiger partial charge in [0.2, 0.25) is 0 Å². The monoisotopic (exact) mass is 267 g/mol. The first-order valence-corrected chi connectivity index (χ1v) is 6.87. The molecule has 0 aliphatic heterocycles. The zero-order valence-corrected chi connectivity index (χ0v) is 11.5. The van der Waals surface area contributed by atoms with Gasteiger partial charge in [0.25, 0.3) is 0 Å². The number of aryl methyl sites for hydroxylation is 1. The fourth-order valence-electron chi connectivity index (χ4n) is 2.15. The highest BCUT2D eigenvalue weighted by atomic mass is 16.5. The second kappa shape index (κ2) is 5.74. The van der Waals surface area contributed by atoms with Gasteiger partial charge in [-0.05, 0) is 36.2 Å². The number of nitrogens with zero attached hydrogens (tertiary/aromatic N) is 3. The highest BCUT2D eigenvalue weighted by Gasteiger charge is 2.03. The molecule has 20 heavy (non-hydrogen) atoms. The molecule has 1 heterocycles. The molecular weight excluding hydrogens is 250 g/mol. The summed E-state index contributed by atoms with van der Waals surface area (Å²) in [5, 5.41) is 8.26. The van der Waals surface area contributed by atoms with Crippen molar-refractivity contribution < 1.29 is 4.74 Å². The fraction of sp³-hybridized carbons (Fsp3) is 0.250. The lowest BCUT2D eigenvalue weighted by molar-refractivity contribution is 0.292. The van der Waals surface area contributed by atoms with Crippen LogP contribution >= 0.6 is 0 Å². The van der Waals surface area contributed by atoms with Gasteiger partial charge in [-0.25, -0.2) is 4.68 Å². The Labute approximate surface area is 118 Å². The molecule has 2 aromatic carbocycles. The van der Waals surface area contributed by atoms with E-state index in [0.29, 0.717) is 13.2 Å². The minimum Gasteiger partial charge on any atom is -0.492 e. The molecule has 3 aromatic rings. The Hall–Kier alpha value is -2.36. The van der Waals surface area contributed by atoms with Crippen molar-refractivity contribution in [3.8, 4) is 5.75 Å². The Morgan fingerprint density at radius 2 is 1.85 bits per heavy atom. The van der Waals surface area contributed by atoms with Crippen LogP contribution in [0.1, 0.15) is 12.5 Å². The molecule has 0 unspecified atom stereocenters. The van der Waals surface area contributed by atoms with E-state index < -0.39 is 0 Å². The van der Waals surface area contributed by atoms with Crippen LogP contribution in [0.2, 0.25) is 0 Å². The van der Waals surface area contributed by atoms with Gasteiger partial charge in [0, 0.05) is 0 Å². The molecule has 0 spiro atoms. The molecule has 0 fully saturated rings. The van der Waals surface area contributed by atoms with E-state index in [4.69, 9.17) is 4.74 Å². The van der Waals surface area contributed by atoms with E-state index >= 15 is 0 Å². The average molecular weight is 267 g/mol. The molecule has 0 atom stereocenters. The minimum absolute atomic E-state index is 0.582. The largest absolute Gasteiger partial charge is 0.492 e. The minimum atomic E-state index is 0.582. The van der Waals surface area contributed by atoms with Crippen LogP contribution in [-0.2, 0) is 13.0 Å². The lowest BCUT2D eigenvalue weighted by Gasteiger charge is -2.07. The van der Waals surface area contributed by atoms with Crippen LogP contribution in [0.4, 0.5) is 0 Å². The van der Waals surface area contributed by atoms with E-state index in [-0.39, 0.29) is 0 Å². The van der Waals surface area contributed by atoms with Gasteiger partial charge in [-0.3, -0.25) is 0 Å². The van der Waals surface area contributed by atoms with Gasteiger partial charge in [0.1, 0.15) is 17.9 Å². The molecule has 102 valence electrons.